The minimum atomic E-state index is -1.30. The maximum Gasteiger partial charge on any atom is 0.328 e. The Balaban J connectivity index is 2.47. The van der Waals surface area contributed by atoms with E-state index in [0.29, 0.717) is 0 Å². The van der Waals surface area contributed by atoms with Gasteiger partial charge in [0.2, 0.25) is 0 Å². The van der Waals surface area contributed by atoms with E-state index in [1.54, 1.807) is 0 Å². The summed E-state index contributed by atoms with van der Waals surface area (Å²) in [6.45, 7) is -0.400. The summed E-state index contributed by atoms with van der Waals surface area (Å²) >= 11 is 3.33. The van der Waals surface area contributed by atoms with Crippen LogP contribution in [0.5, 0.6) is 0 Å². The normalized spacial score (nSPS) is 11.7. The number of hydrogen-bond acceptors (Lipinski definition) is 3. The minimum Gasteiger partial charge on any atom is -0.480 e. The Morgan fingerprint density at radius 3 is 2.56 bits per heavy atom. The summed E-state index contributed by atoms with van der Waals surface area (Å²) in [5.74, 6) is -1.28. The van der Waals surface area contributed by atoms with Crippen LogP contribution < -0.4 is 10.6 Å². The number of aliphatic hydroxyl groups is 1. The van der Waals surface area contributed by atoms with E-state index in [2.05, 4.69) is 26.6 Å². The number of halogens is 1. The molecule has 1 rings (SSSR count). The summed E-state index contributed by atoms with van der Waals surface area (Å²) in [5.41, 5.74) is 0.864. The summed E-state index contributed by atoms with van der Waals surface area (Å²) in [5, 5.41) is 22.0. The Kier molecular flexibility index (Phi) is 5.60. The SMILES string of the molecule is O=C(NCc1ccccc1Br)N[C@@H](CO)C(=O)O. The second-order valence-corrected chi connectivity index (χ2v) is 4.35. The zero-order valence-electron chi connectivity index (χ0n) is 9.39. The second kappa shape index (κ2) is 6.97. The largest absolute Gasteiger partial charge is 0.480 e. The third-order valence-electron chi connectivity index (χ3n) is 2.18. The van der Waals surface area contributed by atoms with Gasteiger partial charge in [0.15, 0.2) is 6.04 Å². The van der Waals surface area contributed by atoms with E-state index in [4.69, 9.17) is 10.2 Å². The second-order valence-electron chi connectivity index (χ2n) is 3.49. The van der Waals surface area contributed by atoms with Crippen LogP contribution in [0, 0.1) is 0 Å². The molecule has 1 atom stereocenters. The lowest BCUT2D eigenvalue weighted by molar-refractivity contribution is -0.140. The molecule has 18 heavy (non-hydrogen) atoms. The lowest BCUT2D eigenvalue weighted by atomic mass is 10.2. The number of carbonyl (C=O) groups excluding carboxylic acids is 1. The van der Waals surface area contributed by atoms with E-state index >= 15 is 0 Å². The van der Waals surface area contributed by atoms with Crippen LogP contribution in [0.2, 0.25) is 0 Å². The van der Waals surface area contributed by atoms with Gasteiger partial charge in [-0.05, 0) is 11.6 Å². The molecule has 6 nitrogen and oxygen atoms in total. The molecule has 7 heteroatoms. The fourth-order valence-corrected chi connectivity index (χ4v) is 1.64. The predicted molar refractivity (Wildman–Crippen MR) is 68.0 cm³/mol. The number of carboxylic acid groups (broad SMARTS) is 1. The van der Waals surface area contributed by atoms with Crippen molar-refractivity contribution in [2.45, 2.75) is 12.6 Å². The van der Waals surface area contributed by atoms with Gasteiger partial charge < -0.3 is 20.8 Å². The molecule has 0 heterocycles. The summed E-state index contributed by atoms with van der Waals surface area (Å²) < 4.78 is 0.849. The first-order valence-electron chi connectivity index (χ1n) is 5.16. The van der Waals surface area contributed by atoms with Crippen molar-refractivity contribution in [2.75, 3.05) is 6.61 Å². The highest BCUT2D eigenvalue weighted by molar-refractivity contribution is 9.10. The number of benzene rings is 1. The first-order valence-corrected chi connectivity index (χ1v) is 5.95. The molecule has 1 aromatic carbocycles. The third-order valence-corrected chi connectivity index (χ3v) is 2.96. The topological polar surface area (TPSA) is 98.7 Å². The molecular formula is C11H13BrN2O4. The van der Waals surface area contributed by atoms with E-state index in [1.165, 1.54) is 0 Å². The number of carboxylic acids is 1. The van der Waals surface area contributed by atoms with Crippen LogP contribution >= 0.6 is 15.9 Å². The fourth-order valence-electron chi connectivity index (χ4n) is 1.21. The Morgan fingerprint density at radius 2 is 2.00 bits per heavy atom. The van der Waals surface area contributed by atoms with E-state index in [-0.39, 0.29) is 6.54 Å². The first kappa shape index (κ1) is 14.5. The van der Waals surface area contributed by atoms with Crippen molar-refractivity contribution >= 4 is 27.9 Å². The lowest BCUT2D eigenvalue weighted by Crippen LogP contribution is -2.47. The highest BCUT2D eigenvalue weighted by Gasteiger charge is 2.18. The van der Waals surface area contributed by atoms with Gasteiger partial charge in [0.05, 0.1) is 6.61 Å². The van der Waals surface area contributed by atoms with E-state index in [0.717, 1.165) is 10.0 Å². The average molecular weight is 317 g/mol. The number of urea groups is 1. The number of nitrogens with one attached hydrogen (secondary N) is 2. The van der Waals surface area contributed by atoms with Gasteiger partial charge in [-0.15, -0.1) is 0 Å². The molecule has 0 spiro atoms. The van der Waals surface area contributed by atoms with E-state index in [1.807, 2.05) is 24.3 Å². The van der Waals surface area contributed by atoms with Gasteiger partial charge in [0.25, 0.3) is 0 Å². The number of carbonyl (C=O) groups is 2. The summed E-state index contributed by atoms with van der Waals surface area (Å²) in [6.07, 6.45) is 0. The van der Waals surface area contributed by atoms with Crippen molar-refractivity contribution in [3.05, 3.63) is 34.3 Å². The van der Waals surface area contributed by atoms with Gasteiger partial charge >= 0.3 is 12.0 Å². The number of aliphatic carboxylic acids is 1. The molecule has 0 aliphatic carbocycles. The Labute approximate surface area is 112 Å². The van der Waals surface area contributed by atoms with Crippen LogP contribution in [-0.4, -0.2) is 34.9 Å². The van der Waals surface area contributed by atoms with Gasteiger partial charge in [-0.1, -0.05) is 34.1 Å². The fraction of sp³-hybridized carbons (Fsp3) is 0.273. The highest BCUT2D eigenvalue weighted by Crippen LogP contribution is 2.15. The highest BCUT2D eigenvalue weighted by atomic mass is 79.9. The van der Waals surface area contributed by atoms with Crippen molar-refractivity contribution in [2.24, 2.45) is 0 Å². The average Bonchev–Trinajstić information content (AvgIpc) is 2.34. The number of aliphatic hydroxyl groups excluding tert-OH is 1. The molecule has 0 radical (unpaired) electrons. The summed E-state index contributed by atoms with van der Waals surface area (Å²) in [6, 6.07) is 5.39. The van der Waals surface area contributed by atoms with Gasteiger partial charge in [-0.3, -0.25) is 0 Å². The van der Waals surface area contributed by atoms with Crippen molar-refractivity contribution < 1.29 is 19.8 Å². The molecule has 0 saturated heterocycles. The van der Waals surface area contributed by atoms with Crippen LogP contribution in [0.3, 0.4) is 0 Å². The molecule has 0 aliphatic rings. The van der Waals surface area contributed by atoms with Gasteiger partial charge in [-0.25, -0.2) is 9.59 Å². The molecule has 0 aliphatic heterocycles. The van der Waals surface area contributed by atoms with Gasteiger partial charge in [-0.2, -0.15) is 0 Å². The number of hydrogen-bond donors (Lipinski definition) is 4. The molecule has 98 valence electrons. The quantitative estimate of drug-likeness (QED) is 0.642. The molecule has 1 aromatic rings. The predicted octanol–water partition coefficient (Wildman–Crippen LogP) is 0.694. The summed E-state index contributed by atoms with van der Waals surface area (Å²) in [7, 11) is 0. The smallest absolute Gasteiger partial charge is 0.328 e. The maximum atomic E-state index is 11.4. The standard InChI is InChI=1S/C11H13BrN2O4/c12-8-4-2-1-3-7(8)5-13-11(18)14-9(6-15)10(16)17/h1-4,9,15H,5-6H2,(H,16,17)(H2,13,14,18)/t9-/m0/s1. The van der Waals surface area contributed by atoms with Gasteiger partial charge in [0, 0.05) is 11.0 Å². The van der Waals surface area contributed by atoms with Crippen molar-refractivity contribution in [1.29, 1.82) is 0 Å². The molecule has 4 N–H and O–H groups in total. The maximum absolute atomic E-state index is 11.4. The van der Waals surface area contributed by atoms with Crippen molar-refractivity contribution in [3.63, 3.8) is 0 Å². The Hall–Kier alpha value is -1.60. The van der Waals surface area contributed by atoms with Crippen LogP contribution in [0.15, 0.2) is 28.7 Å². The zero-order valence-corrected chi connectivity index (χ0v) is 11.0. The van der Waals surface area contributed by atoms with Crippen molar-refractivity contribution in [3.8, 4) is 0 Å². The lowest BCUT2D eigenvalue weighted by Gasteiger charge is -2.13. The van der Waals surface area contributed by atoms with Crippen LogP contribution in [0.1, 0.15) is 5.56 Å². The molecule has 2 amide bonds. The molecule has 0 saturated carbocycles. The molecule has 0 unspecified atom stereocenters. The summed E-state index contributed by atoms with van der Waals surface area (Å²) in [4.78, 5) is 22.0. The Morgan fingerprint density at radius 1 is 1.33 bits per heavy atom. The molecule has 0 fully saturated rings. The first-order chi connectivity index (χ1) is 8.54. The van der Waals surface area contributed by atoms with Crippen molar-refractivity contribution in [1.82, 2.24) is 10.6 Å². The number of amides is 2. The minimum absolute atomic E-state index is 0.255. The number of rotatable bonds is 5. The monoisotopic (exact) mass is 316 g/mol. The van der Waals surface area contributed by atoms with Crippen LogP contribution in [0.4, 0.5) is 4.79 Å². The van der Waals surface area contributed by atoms with Crippen LogP contribution in [0.25, 0.3) is 0 Å². The third kappa shape index (κ3) is 4.34. The van der Waals surface area contributed by atoms with E-state index < -0.39 is 24.6 Å². The van der Waals surface area contributed by atoms with Gasteiger partial charge in [0.1, 0.15) is 0 Å². The molecule has 0 bridgehead atoms. The molecular weight excluding hydrogens is 304 g/mol. The van der Waals surface area contributed by atoms with E-state index in [9.17, 15) is 9.59 Å². The molecule has 0 aromatic heterocycles. The zero-order chi connectivity index (χ0) is 13.5. The van der Waals surface area contributed by atoms with Crippen LogP contribution in [-0.2, 0) is 11.3 Å². The Bertz CT molecular complexity index is 439.